The third kappa shape index (κ3) is 0.972. The number of benzene rings is 1. The highest BCUT2D eigenvalue weighted by Crippen LogP contribution is 2.11. The molecule has 0 amide bonds. The smallest absolute Gasteiger partial charge is 0.332 e. The average Bonchev–Trinajstić information content (AvgIpc) is 2.49. The lowest BCUT2D eigenvalue weighted by molar-refractivity contribution is 0.0836. The maximum atomic E-state index is 12.2. The summed E-state index contributed by atoms with van der Waals surface area (Å²) in [7, 11) is 0. The second-order valence-corrected chi connectivity index (χ2v) is 2.41. The van der Waals surface area contributed by atoms with Crippen LogP contribution in [0.15, 0.2) is 24.5 Å². The first kappa shape index (κ1) is 6.97. The largest absolute Gasteiger partial charge is 0.345 e. The zero-order valence-corrected chi connectivity index (χ0v) is 6.04. The molecular weight excluding hydrogens is 159 g/mol. The molecule has 3 nitrogen and oxygen atoms in total. The standard InChI is InChI=1S/C8H5FN2O/c9-8(12)5-1-2-6-7(3-5)11-4-10-6/h1-4H,(H,10,11). The third-order valence-electron chi connectivity index (χ3n) is 1.65. The van der Waals surface area contributed by atoms with Crippen LogP contribution >= 0.6 is 0 Å². The Morgan fingerprint density at radius 1 is 1.50 bits per heavy atom. The van der Waals surface area contributed by atoms with E-state index in [4.69, 9.17) is 0 Å². The van der Waals surface area contributed by atoms with E-state index in [9.17, 15) is 9.18 Å². The summed E-state index contributed by atoms with van der Waals surface area (Å²) in [5.41, 5.74) is 1.44. The van der Waals surface area contributed by atoms with Crippen LogP contribution in [0.1, 0.15) is 10.4 Å². The molecule has 0 aliphatic heterocycles. The van der Waals surface area contributed by atoms with E-state index in [-0.39, 0.29) is 5.56 Å². The van der Waals surface area contributed by atoms with Crippen molar-refractivity contribution in [2.75, 3.05) is 0 Å². The molecule has 2 rings (SSSR count). The predicted octanol–water partition coefficient (Wildman–Crippen LogP) is 1.67. The molecule has 0 saturated heterocycles. The molecule has 1 N–H and O–H groups in total. The van der Waals surface area contributed by atoms with E-state index >= 15 is 0 Å². The number of fused-ring (bicyclic) bond motifs is 1. The van der Waals surface area contributed by atoms with Gasteiger partial charge in [0.05, 0.1) is 22.9 Å². The molecule has 0 aliphatic carbocycles. The number of aromatic amines is 1. The molecule has 0 saturated carbocycles. The minimum Gasteiger partial charge on any atom is -0.345 e. The number of carbonyl (C=O) groups is 1. The maximum absolute atomic E-state index is 12.2. The second kappa shape index (κ2) is 2.41. The zero-order chi connectivity index (χ0) is 8.55. The fraction of sp³-hybridized carbons (Fsp3) is 0. The van der Waals surface area contributed by atoms with Gasteiger partial charge in [0.25, 0.3) is 0 Å². The van der Waals surface area contributed by atoms with Crippen molar-refractivity contribution in [3.05, 3.63) is 30.1 Å². The number of nitrogens with one attached hydrogen (secondary N) is 1. The minimum atomic E-state index is -1.42. The van der Waals surface area contributed by atoms with Gasteiger partial charge in [-0.15, -0.1) is 0 Å². The van der Waals surface area contributed by atoms with Gasteiger partial charge in [-0.25, -0.2) is 4.98 Å². The Kier molecular flexibility index (Phi) is 1.40. The SMILES string of the molecule is O=C(F)c1ccc2nc[nH]c2c1. The molecule has 60 valence electrons. The molecular formula is C8H5FN2O. The van der Waals surface area contributed by atoms with Crippen molar-refractivity contribution in [1.82, 2.24) is 9.97 Å². The molecule has 4 heteroatoms. The molecule has 1 aromatic heterocycles. The van der Waals surface area contributed by atoms with Crippen molar-refractivity contribution in [2.45, 2.75) is 0 Å². The lowest BCUT2D eigenvalue weighted by atomic mass is 10.2. The van der Waals surface area contributed by atoms with E-state index in [0.29, 0.717) is 5.52 Å². The highest BCUT2D eigenvalue weighted by atomic mass is 19.1. The number of nitrogens with zero attached hydrogens (tertiary/aromatic N) is 1. The number of carbonyl (C=O) groups excluding carboxylic acids is 1. The Morgan fingerprint density at radius 2 is 2.33 bits per heavy atom. The molecule has 0 aliphatic rings. The molecule has 2 aromatic rings. The second-order valence-electron chi connectivity index (χ2n) is 2.41. The van der Waals surface area contributed by atoms with E-state index in [2.05, 4.69) is 9.97 Å². The van der Waals surface area contributed by atoms with Crippen LogP contribution in [0.3, 0.4) is 0 Å². The Bertz CT molecular complexity index is 435. The Morgan fingerprint density at radius 3 is 3.08 bits per heavy atom. The number of imidazole rings is 1. The highest BCUT2D eigenvalue weighted by Gasteiger charge is 2.04. The van der Waals surface area contributed by atoms with Crippen molar-refractivity contribution in [1.29, 1.82) is 0 Å². The van der Waals surface area contributed by atoms with Crippen LogP contribution in [0.2, 0.25) is 0 Å². The van der Waals surface area contributed by atoms with Crippen molar-refractivity contribution in [3.63, 3.8) is 0 Å². The number of H-pyrrole nitrogens is 1. The summed E-state index contributed by atoms with van der Waals surface area (Å²) in [5, 5.41) is 0. The van der Waals surface area contributed by atoms with E-state index in [1.807, 2.05) is 0 Å². The Labute approximate surface area is 67.2 Å². The van der Waals surface area contributed by atoms with Gasteiger partial charge in [-0.05, 0) is 18.2 Å². The van der Waals surface area contributed by atoms with Gasteiger partial charge in [0, 0.05) is 0 Å². The van der Waals surface area contributed by atoms with Gasteiger partial charge in [-0.1, -0.05) is 0 Å². The van der Waals surface area contributed by atoms with Gasteiger partial charge in [0.2, 0.25) is 0 Å². The number of rotatable bonds is 1. The fourth-order valence-electron chi connectivity index (χ4n) is 1.06. The summed E-state index contributed by atoms with van der Waals surface area (Å²) in [6.07, 6.45) is 1.50. The molecule has 1 aromatic carbocycles. The number of hydrogen-bond donors (Lipinski definition) is 1. The Balaban J connectivity index is 2.68. The number of aromatic nitrogens is 2. The predicted molar refractivity (Wildman–Crippen MR) is 41.5 cm³/mol. The first-order valence-electron chi connectivity index (χ1n) is 3.40. The van der Waals surface area contributed by atoms with Crippen LogP contribution in [0.5, 0.6) is 0 Å². The quantitative estimate of drug-likeness (QED) is 0.651. The van der Waals surface area contributed by atoms with E-state index < -0.39 is 6.04 Å². The van der Waals surface area contributed by atoms with Gasteiger partial charge in [0.15, 0.2) is 0 Å². The summed E-state index contributed by atoms with van der Waals surface area (Å²) < 4.78 is 12.2. The summed E-state index contributed by atoms with van der Waals surface area (Å²) in [4.78, 5) is 17.0. The highest BCUT2D eigenvalue weighted by molar-refractivity contribution is 5.92. The normalized spacial score (nSPS) is 10.4. The zero-order valence-electron chi connectivity index (χ0n) is 6.04. The average molecular weight is 164 g/mol. The lowest BCUT2D eigenvalue weighted by Gasteiger charge is -1.90. The maximum Gasteiger partial charge on any atom is 0.332 e. The van der Waals surface area contributed by atoms with Crippen molar-refractivity contribution >= 4 is 17.1 Å². The molecule has 0 unspecified atom stereocenters. The molecule has 0 radical (unpaired) electrons. The number of halogens is 1. The first-order chi connectivity index (χ1) is 5.77. The van der Waals surface area contributed by atoms with Crippen LogP contribution in [-0.2, 0) is 0 Å². The van der Waals surface area contributed by atoms with Gasteiger partial charge in [0.1, 0.15) is 0 Å². The lowest BCUT2D eigenvalue weighted by Crippen LogP contribution is -1.88. The van der Waals surface area contributed by atoms with Crippen LogP contribution < -0.4 is 0 Å². The molecule has 12 heavy (non-hydrogen) atoms. The minimum absolute atomic E-state index is 0.0479. The van der Waals surface area contributed by atoms with E-state index in [1.165, 1.54) is 18.5 Å². The van der Waals surface area contributed by atoms with Crippen molar-refractivity contribution in [3.8, 4) is 0 Å². The topological polar surface area (TPSA) is 45.8 Å². The van der Waals surface area contributed by atoms with Gasteiger partial charge in [-0.3, -0.25) is 4.79 Å². The van der Waals surface area contributed by atoms with Gasteiger partial charge >= 0.3 is 6.04 Å². The molecule has 1 heterocycles. The molecule has 0 bridgehead atoms. The van der Waals surface area contributed by atoms with Crippen LogP contribution in [0.25, 0.3) is 11.0 Å². The monoisotopic (exact) mass is 164 g/mol. The van der Waals surface area contributed by atoms with Crippen LogP contribution in [-0.4, -0.2) is 16.0 Å². The molecule has 0 fully saturated rings. The van der Waals surface area contributed by atoms with Crippen molar-refractivity contribution < 1.29 is 9.18 Å². The Hall–Kier alpha value is -1.71. The summed E-state index contributed by atoms with van der Waals surface area (Å²) >= 11 is 0. The van der Waals surface area contributed by atoms with Crippen LogP contribution in [0, 0.1) is 0 Å². The summed E-state index contributed by atoms with van der Waals surface area (Å²) in [5.74, 6) is 0. The number of hydrogen-bond acceptors (Lipinski definition) is 2. The molecule has 0 spiro atoms. The molecule has 0 atom stereocenters. The summed E-state index contributed by atoms with van der Waals surface area (Å²) in [6.45, 7) is 0. The van der Waals surface area contributed by atoms with Gasteiger partial charge in [-0.2, -0.15) is 4.39 Å². The fourth-order valence-corrected chi connectivity index (χ4v) is 1.06. The summed E-state index contributed by atoms with van der Waals surface area (Å²) in [6, 6.07) is 3.01. The van der Waals surface area contributed by atoms with E-state index in [0.717, 1.165) is 5.52 Å². The van der Waals surface area contributed by atoms with E-state index in [1.54, 1.807) is 6.07 Å². The third-order valence-corrected chi connectivity index (χ3v) is 1.65. The van der Waals surface area contributed by atoms with Crippen LogP contribution in [0.4, 0.5) is 4.39 Å². The van der Waals surface area contributed by atoms with Crippen molar-refractivity contribution in [2.24, 2.45) is 0 Å². The van der Waals surface area contributed by atoms with Gasteiger partial charge < -0.3 is 4.98 Å². The first-order valence-corrected chi connectivity index (χ1v) is 3.40.